The van der Waals surface area contributed by atoms with Gasteiger partial charge in [-0.1, -0.05) is 31.2 Å². The van der Waals surface area contributed by atoms with Gasteiger partial charge in [-0.25, -0.2) is 0 Å². The van der Waals surface area contributed by atoms with E-state index in [0.717, 1.165) is 50.5 Å². The van der Waals surface area contributed by atoms with Crippen LogP contribution in [0.1, 0.15) is 47.7 Å². The van der Waals surface area contributed by atoms with E-state index in [1.165, 1.54) is 5.56 Å². The molecule has 1 aliphatic heterocycles. The maximum absolute atomic E-state index is 12.3. The number of hydrogen-bond donors (Lipinski definition) is 1. The Balaban J connectivity index is 1.36. The molecule has 0 bridgehead atoms. The molecule has 0 atom stereocenters. The first-order chi connectivity index (χ1) is 15.5. The summed E-state index contributed by atoms with van der Waals surface area (Å²) in [6.45, 7) is 8.59. The number of nitrogens with one attached hydrogen (secondary N) is 1. The molecule has 3 rings (SSSR count). The Bertz CT molecular complexity index is 857. The van der Waals surface area contributed by atoms with E-state index in [1.807, 2.05) is 6.92 Å². The van der Waals surface area contributed by atoms with Crippen molar-refractivity contribution in [1.29, 1.82) is 0 Å². The van der Waals surface area contributed by atoms with E-state index in [1.54, 1.807) is 24.3 Å². The second-order valence-electron chi connectivity index (χ2n) is 8.47. The Kier molecular flexibility index (Phi) is 9.26. The summed E-state index contributed by atoms with van der Waals surface area (Å²) < 4.78 is 5.53. The number of piperazine rings is 1. The number of carbonyl (C=O) groups is 2. The molecule has 1 heterocycles. The van der Waals surface area contributed by atoms with Crippen LogP contribution < -0.4 is 10.1 Å². The minimum atomic E-state index is -0.109. The van der Waals surface area contributed by atoms with E-state index in [-0.39, 0.29) is 24.5 Å². The lowest BCUT2D eigenvalue weighted by Crippen LogP contribution is -2.43. The number of likely N-dealkylation sites (N-methyl/N-ethyl adjacent to an activating group) is 1. The van der Waals surface area contributed by atoms with E-state index in [2.05, 4.69) is 46.4 Å². The van der Waals surface area contributed by atoms with Crippen LogP contribution in [0.3, 0.4) is 0 Å². The third-order valence-corrected chi connectivity index (χ3v) is 5.74. The second-order valence-corrected chi connectivity index (χ2v) is 8.47. The largest absolute Gasteiger partial charge is 0.494 e. The molecule has 1 saturated heterocycles. The third-order valence-electron chi connectivity index (χ3n) is 5.74. The van der Waals surface area contributed by atoms with Gasteiger partial charge in [0.25, 0.3) is 0 Å². The van der Waals surface area contributed by atoms with E-state index in [4.69, 9.17) is 4.74 Å². The van der Waals surface area contributed by atoms with E-state index >= 15 is 0 Å². The number of nitrogens with zero attached hydrogens (tertiary/aromatic N) is 2. The minimum absolute atomic E-state index is 0.0320. The summed E-state index contributed by atoms with van der Waals surface area (Å²) in [5.41, 5.74) is 2.97. The molecule has 0 saturated carbocycles. The van der Waals surface area contributed by atoms with Crippen LogP contribution >= 0.6 is 0 Å². The summed E-state index contributed by atoms with van der Waals surface area (Å²) in [6, 6.07) is 15.5. The summed E-state index contributed by atoms with van der Waals surface area (Å²) in [5, 5.41) is 2.92. The molecule has 0 unspecified atom stereocenters. The van der Waals surface area contributed by atoms with E-state index < -0.39 is 0 Å². The molecule has 1 amide bonds. The van der Waals surface area contributed by atoms with Crippen LogP contribution in [0.15, 0.2) is 48.5 Å². The molecule has 0 aromatic heterocycles. The maximum atomic E-state index is 12.3. The fraction of sp³-hybridized carbons (Fsp3) is 0.462. The molecule has 1 N–H and O–H groups in total. The van der Waals surface area contributed by atoms with Crippen LogP contribution in [0.2, 0.25) is 0 Å². The molecular formula is C26H35N3O3. The Morgan fingerprint density at radius 3 is 2.22 bits per heavy atom. The highest BCUT2D eigenvalue weighted by atomic mass is 16.5. The zero-order valence-electron chi connectivity index (χ0n) is 19.3. The van der Waals surface area contributed by atoms with Gasteiger partial charge in [0.1, 0.15) is 5.75 Å². The summed E-state index contributed by atoms with van der Waals surface area (Å²) in [7, 11) is 2.16. The van der Waals surface area contributed by atoms with Crippen molar-refractivity contribution in [1.82, 2.24) is 15.1 Å². The number of amides is 1. The summed E-state index contributed by atoms with van der Waals surface area (Å²) >= 11 is 0. The van der Waals surface area contributed by atoms with Gasteiger partial charge in [-0.2, -0.15) is 0 Å². The molecule has 6 heteroatoms. The quantitative estimate of drug-likeness (QED) is 0.545. The van der Waals surface area contributed by atoms with Gasteiger partial charge in [-0.3, -0.25) is 14.5 Å². The lowest BCUT2D eigenvalue weighted by Gasteiger charge is -2.32. The molecule has 6 nitrogen and oxygen atoms in total. The lowest BCUT2D eigenvalue weighted by molar-refractivity contribution is -0.121. The molecular weight excluding hydrogens is 402 g/mol. The zero-order valence-corrected chi connectivity index (χ0v) is 19.3. The molecule has 172 valence electrons. The van der Waals surface area contributed by atoms with Crippen molar-refractivity contribution in [3.05, 3.63) is 65.2 Å². The number of ether oxygens (including phenoxy) is 1. The van der Waals surface area contributed by atoms with Crippen LogP contribution in [0.25, 0.3) is 0 Å². The van der Waals surface area contributed by atoms with Gasteiger partial charge in [0.15, 0.2) is 5.78 Å². The molecule has 0 aliphatic carbocycles. The average Bonchev–Trinajstić information content (AvgIpc) is 2.82. The van der Waals surface area contributed by atoms with Gasteiger partial charge in [-0.05, 0) is 48.9 Å². The van der Waals surface area contributed by atoms with Gasteiger partial charge in [0.05, 0.1) is 6.61 Å². The predicted octanol–water partition coefficient (Wildman–Crippen LogP) is 3.50. The Hall–Kier alpha value is -2.70. The van der Waals surface area contributed by atoms with Gasteiger partial charge < -0.3 is 15.0 Å². The van der Waals surface area contributed by atoms with Crippen molar-refractivity contribution >= 4 is 11.7 Å². The van der Waals surface area contributed by atoms with Gasteiger partial charge in [0, 0.05) is 57.7 Å². The smallest absolute Gasteiger partial charge is 0.220 e. The maximum Gasteiger partial charge on any atom is 0.220 e. The summed E-state index contributed by atoms with van der Waals surface area (Å²) in [4.78, 5) is 29.4. The number of ketones is 1. The number of carbonyl (C=O) groups excluding carboxylic acids is 2. The van der Waals surface area contributed by atoms with Crippen molar-refractivity contribution in [3.8, 4) is 5.75 Å². The fourth-order valence-electron chi connectivity index (χ4n) is 3.64. The highest BCUT2D eigenvalue weighted by molar-refractivity contribution is 5.98. The van der Waals surface area contributed by atoms with Crippen LogP contribution in [-0.2, 0) is 17.9 Å². The highest BCUT2D eigenvalue weighted by Crippen LogP contribution is 2.14. The van der Waals surface area contributed by atoms with Crippen LogP contribution in [-0.4, -0.2) is 61.3 Å². The van der Waals surface area contributed by atoms with Crippen molar-refractivity contribution in [2.75, 3.05) is 39.8 Å². The Labute approximate surface area is 191 Å². The molecule has 1 fully saturated rings. The number of rotatable bonds is 11. The van der Waals surface area contributed by atoms with Crippen molar-refractivity contribution < 1.29 is 14.3 Å². The molecule has 1 aliphatic rings. The summed E-state index contributed by atoms with van der Waals surface area (Å²) in [6.07, 6.45) is 1.33. The molecule has 0 radical (unpaired) electrons. The third kappa shape index (κ3) is 7.77. The van der Waals surface area contributed by atoms with Gasteiger partial charge in [0.2, 0.25) is 5.91 Å². The van der Waals surface area contributed by atoms with Crippen LogP contribution in [0.5, 0.6) is 5.75 Å². The Morgan fingerprint density at radius 2 is 1.56 bits per heavy atom. The average molecular weight is 438 g/mol. The fourth-order valence-corrected chi connectivity index (χ4v) is 3.64. The lowest BCUT2D eigenvalue weighted by atomic mass is 10.1. The van der Waals surface area contributed by atoms with E-state index in [0.29, 0.717) is 18.7 Å². The number of benzene rings is 2. The predicted molar refractivity (Wildman–Crippen MR) is 127 cm³/mol. The van der Waals surface area contributed by atoms with Crippen LogP contribution in [0, 0.1) is 0 Å². The first-order valence-electron chi connectivity index (χ1n) is 11.5. The topological polar surface area (TPSA) is 61.9 Å². The molecule has 2 aromatic carbocycles. The summed E-state index contributed by atoms with van der Waals surface area (Å²) in [5.74, 6) is 0.619. The standard InChI is InChI=1S/C26H35N3O3/c1-3-18-32-24-10-8-23(9-11-24)25(30)12-13-26(31)27-19-21-4-6-22(7-5-21)20-29-16-14-28(2)15-17-29/h4-11H,3,12-20H2,1-2H3,(H,27,31). The monoisotopic (exact) mass is 437 g/mol. The van der Waals surface area contributed by atoms with Crippen molar-refractivity contribution in [2.24, 2.45) is 0 Å². The first-order valence-corrected chi connectivity index (χ1v) is 11.5. The van der Waals surface area contributed by atoms with Crippen molar-refractivity contribution in [3.63, 3.8) is 0 Å². The normalized spacial score (nSPS) is 14.8. The molecule has 0 spiro atoms. The van der Waals surface area contributed by atoms with Gasteiger partial charge >= 0.3 is 0 Å². The van der Waals surface area contributed by atoms with Crippen molar-refractivity contribution in [2.45, 2.75) is 39.3 Å². The number of Topliss-reactive ketones (excluding diaryl/α,β-unsaturated/α-hetero) is 1. The number of hydrogen-bond acceptors (Lipinski definition) is 5. The second kappa shape index (κ2) is 12.4. The first kappa shape index (κ1) is 24.0. The zero-order chi connectivity index (χ0) is 22.8. The SMILES string of the molecule is CCCOc1ccc(C(=O)CCC(=O)NCc2ccc(CN3CCN(C)CC3)cc2)cc1. The highest BCUT2D eigenvalue weighted by Gasteiger charge is 2.14. The van der Waals surface area contributed by atoms with Gasteiger partial charge in [-0.15, -0.1) is 0 Å². The van der Waals surface area contributed by atoms with E-state index in [9.17, 15) is 9.59 Å². The Morgan fingerprint density at radius 1 is 0.906 bits per heavy atom. The molecule has 2 aromatic rings. The van der Waals surface area contributed by atoms with Crippen LogP contribution in [0.4, 0.5) is 0 Å². The minimum Gasteiger partial charge on any atom is -0.494 e. The molecule has 32 heavy (non-hydrogen) atoms.